The van der Waals surface area contributed by atoms with E-state index in [0.29, 0.717) is 25.4 Å². The van der Waals surface area contributed by atoms with Gasteiger partial charge >= 0.3 is 6.03 Å². The van der Waals surface area contributed by atoms with Crippen LogP contribution >= 0.6 is 0 Å². The first-order valence-electron chi connectivity index (χ1n) is 8.56. The third-order valence-corrected chi connectivity index (χ3v) is 4.47. The predicted octanol–water partition coefficient (Wildman–Crippen LogP) is 2.80. The molecule has 0 saturated heterocycles. The molecule has 0 bridgehead atoms. The molecule has 130 valence electrons. The fourth-order valence-corrected chi connectivity index (χ4v) is 3.25. The zero-order chi connectivity index (χ0) is 17.2. The standard InChI is InChI=1S/C19H21N3O3/c1-12-6-14-7-13(2-3-18(14)25-12)9-21-19(23)22-16-8-15-11-24-5-4-17(15)20-10-16/h2-3,7-8,10,12H,4-6,9,11H2,1H3,(H2,21,22,23). The Kier molecular flexibility index (Phi) is 4.28. The topological polar surface area (TPSA) is 72.5 Å². The van der Waals surface area contributed by atoms with Gasteiger partial charge in [-0.15, -0.1) is 0 Å². The molecule has 3 heterocycles. The normalized spacial score (nSPS) is 18.0. The number of hydrogen-bond donors (Lipinski definition) is 2. The third kappa shape index (κ3) is 3.58. The lowest BCUT2D eigenvalue weighted by Gasteiger charge is -2.16. The lowest BCUT2D eigenvalue weighted by atomic mass is 10.1. The van der Waals surface area contributed by atoms with Gasteiger partial charge in [-0.3, -0.25) is 4.98 Å². The second-order valence-corrected chi connectivity index (χ2v) is 6.51. The monoisotopic (exact) mass is 339 g/mol. The molecule has 0 radical (unpaired) electrons. The summed E-state index contributed by atoms with van der Waals surface area (Å²) in [6.45, 7) is 3.78. The molecular weight excluding hydrogens is 318 g/mol. The number of pyridine rings is 1. The molecule has 1 atom stereocenters. The molecule has 1 aromatic carbocycles. The summed E-state index contributed by atoms with van der Waals surface area (Å²) in [6.07, 6.45) is 3.65. The predicted molar refractivity (Wildman–Crippen MR) is 93.7 cm³/mol. The Morgan fingerprint density at radius 2 is 2.24 bits per heavy atom. The van der Waals surface area contributed by atoms with Crippen LogP contribution < -0.4 is 15.4 Å². The zero-order valence-corrected chi connectivity index (χ0v) is 14.2. The van der Waals surface area contributed by atoms with Gasteiger partial charge in [0, 0.05) is 30.6 Å². The fourth-order valence-electron chi connectivity index (χ4n) is 3.25. The van der Waals surface area contributed by atoms with Crippen molar-refractivity contribution in [3.63, 3.8) is 0 Å². The van der Waals surface area contributed by atoms with Gasteiger partial charge in [0.05, 0.1) is 25.1 Å². The first kappa shape index (κ1) is 15.9. The number of amides is 2. The molecule has 1 aromatic heterocycles. The van der Waals surface area contributed by atoms with Crippen molar-refractivity contribution in [3.8, 4) is 5.75 Å². The van der Waals surface area contributed by atoms with Gasteiger partial charge in [0.15, 0.2) is 0 Å². The third-order valence-electron chi connectivity index (χ3n) is 4.47. The highest BCUT2D eigenvalue weighted by molar-refractivity contribution is 5.89. The molecule has 0 fully saturated rings. The summed E-state index contributed by atoms with van der Waals surface area (Å²) >= 11 is 0. The van der Waals surface area contributed by atoms with E-state index in [0.717, 1.165) is 35.4 Å². The summed E-state index contributed by atoms with van der Waals surface area (Å²) < 4.78 is 11.1. The molecule has 0 aliphatic carbocycles. The van der Waals surface area contributed by atoms with E-state index in [1.54, 1.807) is 6.20 Å². The number of anilines is 1. The maximum absolute atomic E-state index is 12.1. The number of benzene rings is 1. The number of urea groups is 1. The second-order valence-electron chi connectivity index (χ2n) is 6.51. The highest BCUT2D eigenvalue weighted by Crippen LogP contribution is 2.29. The van der Waals surface area contributed by atoms with Crippen LogP contribution in [0, 0.1) is 0 Å². The summed E-state index contributed by atoms with van der Waals surface area (Å²) in [5.41, 5.74) is 5.02. The number of nitrogens with one attached hydrogen (secondary N) is 2. The molecule has 1 unspecified atom stereocenters. The minimum Gasteiger partial charge on any atom is -0.490 e. The first-order chi connectivity index (χ1) is 12.2. The van der Waals surface area contributed by atoms with Crippen molar-refractivity contribution in [1.82, 2.24) is 10.3 Å². The van der Waals surface area contributed by atoms with Gasteiger partial charge in [0.25, 0.3) is 0 Å². The minimum absolute atomic E-state index is 0.224. The average Bonchev–Trinajstić information content (AvgIpc) is 2.99. The number of nitrogens with zero attached hydrogens (tertiary/aromatic N) is 1. The van der Waals surface area contributed by atoms with Crippen molar-refractivity contribution in [1.29, 1.82) is 0 Å². The Morgan fingerprint density at radius 1 is 1.32 bits per heavy atom. The SMILES string of the molecule is CC1Cc2cc(CNC(=O)Nc3cnc4c(c3)COCC4)ccc2O1. The van der Waals surface area contributed by atoms with Gasteiger partial charge < -0.3 is 20.1 Å². The molecule has 2 aromatic rings. The molecular formula is C19H21N3O3. The van der Waals surface area contributed by atoms with Crippen molar-refractivity contribution in [2.45, 2.75) is 39.0 Å². The van der Waals surface area contributed by atoms with Crippen LogP contribution in [0.4, 0.5) is 10.5 Å². The quantitative estimate of drug-likeness (QED) is 0.902. The van der Waals surface area contributed by atoms with Crippen LogP contribution in [0.3, 0.4) is 0 Å². The molecule has 2 amide bonds. The van der Waals surface area contributed by atoms with Gasteiger partial charge in [-0.25, -0.2) is 4.79 Å². The molecule has 2 aliphatic rings. The highest BCUT2D eigenvalue weighted by atomic mass is 16.5. The molecule has 4 rings (SSSR count). The zero-order valence-electron chi connectivity index (χ0n) is 14.2. The average molecular weight is 339 g/mol. The number of rotatable bonds is 3. The maximum Gasteiger partial charge on any atom is 0.319 e. The molecule has 2 aliphatic heterocycles. The minimum atomic E-state index is -0.247. The van der Waals surface area contributed by atoms with Crippen LogP contribution in [-0.2, 0) is 30.7 Å². The van der Waals surface area contributed by atoms with E-state index in [9.17, 15) is 4.79 Å². The number of carbonyl (C=O) groups is 1. The van der Waals surface area contributed by atoms with Crippen LogP contribution in [0.15, 0.2) is 30.5 Å². The van der Waals surface area contributed by atoms with Crippen LogP contribution in [0.1, 0.15) is 29.3 Å². The van der Waals surface area contributed by atoms with Crippen LogP contribution in [0.5, 0.6) is 5.75 Å². The number of carbonyl (C=O) groups excluding carboxylic acids is 1. The van der Waals surface area contributed by atoms with Gasteiger partial charge in [-0.1, -0.05) is 12.1 Å². The van der Waals surface area contributed by atoms with Gasteiger partial charge in [0.1, 0.15) is 11.9 Å². The molecule has 6 heteroatoms. The van der Waals surface area contributed by atoms with Crippen LogP contribution in [-0.4, -0.2) is 23.7 Å². The number of aromatic nitrogens is 1. The smallest absolute Gasteiger partial charge is 0.319 e. The summed E-state index contributed by atoms with van der Waals surface area (Å²) in [5, 5.41) is 5.71. The molecule has 0 spiro atoms. The number of fused-ring (bicyclic) bond motifs is 2. The molecule has 0 saturated carbocycles. The Labute approximate surface area is 146 Å². The number of ether oxygens (including phenoxy) is 2. The molecule has 6 nitrogen and oxygen atoms in total. The highest BCUT2D eigenvalue weighted by Gasteiger charge is 2.19. The number of hydrogen-bond acceptors (Lipinski definition) is 4. The fraction of sp³-hybridized carbons (Fsp3) is 0.368. The Hall–Kier alpha value is -2.60. The van der Waals surface area contributed by atoms with Crippen molar-refractivity contribution in [2.75, 3.05) is 11.9 Å². The summed E-state index contributed by atoms with van der Waals surface area (Å²) in [7, 11) is 0. The van der Waals surface area contributed by atoms with Crippen molar-refractivity contribution < 1.29 is 14.3 Å². The van der Waals surface area contributed by atoms with Crippen molar-refractivity contribution in [3.05, 3.63) is 52.8 Å². The first-order valence-corrected chi connectivity index (χ1v) is 8.56. The van der Waals surface area contributed by atoms with Crippen LogP contribution in [0.2, 0.25) is 0 Å². The Bertz CT molecular complexity index is 806. The van der Waals surface area contributed by atoms with Crippen LogP contribution in [0.25, 0.3) is 0 Å². The van der Waals surface area contributed by atoms with E-state index in [-0.39, 0.29) is 12.1 Å². The lowest BCUT2D eigenvalue weighted by molar-refractivity contribution is 0.109. The lowest BCUT2D eigenvalue weighted by Crippen LogP contribution is -2.28. The van der Waals surface area contributed by atoms with Crippen molar-refractivity contribution in [2.24, 2.45) is 0 Å². The summed E-state index contributed by atoms with van der Waals surface area (Å²) in [6, 6.07) is 7.73. The molecule has 2 N–H and O–H groups in total. The summed E-state index contributed by atoms with van der Waals surface area (Å²) in [5.74, 6) is 0.947. The maximum atomic E-state index is 12.1. The second kappa shape index (κ2) is 6.72. The van der Waals surface area contributed by atoms with E-state index in [2.05, 4.69) is 28.6 Å². The van der Waals surface area contributed by atoms with E-state index < -0.39 is 0 Å². The van der Waals surface area contributed by atoms with E-state index in [1.165, 1.54) is 5.56 Å². The van der Waals surface area contributed by atoms with Crippen molar-refractivity contribution >= 4 is 11.7 Å². The van der Waals surface area contributed by atoms with E-state index in [4.69, 9.17) is 9.47 Å². The van der Waals surface area contributed by atoms with Gasteiger partial charge in [-0.05, 0) is 30.2 Å². The largest absolute Gasteiger partial charge is 0.490 e. The Balaban J connectivity index is 1.34. The van der Waals surface area contributed by atoms with E-state index in [1.807, 2.05) is 18.2 Å². The van der Waals surface area contributed by atoms with E-state index >= 15 is 0 Å². The Morgan fingerprint density at radius 3 is 3.16 bits per heavy atom. The van der Waals surface area contributed by atoms with Gasteiger partial charge in [0.2, 0.25) is 0 Å². The van der Waals surface area contributed by atoms with Gasteiger partial charge in [-0.2, -0.15) is 0 Å². The molecule has 25 heavy (non-hydrogen) atoms. The summed E-state index contributed by atoms with van der Waals surface area (Å²) in [4.78, 5) is 16.5.